The van der Waals surface area contributed by atoms with Gasteiger partial charge in [0.25, 0.3) is 5.91 Å². The zero-order valence-corrected chi connectivity index (χ0v) is 17.4. The van der Waals surface area contributed by atoms with E-state index in [0.29, 0.717) is 13.0 Å². The number of nitrogens with zero attached hydrogens (tertiary/aromatic N) is 2. The summed E-state index contributed by atoms with van der Waals surface area (Å²) in [6, 6.07) is 17.0. The molecule has 4 amide bonds. The van der Waals surface area contributed by atoms with Crippen molar-refractivity contribution in [2.24, 2.45) is 0 Å². The zero-order valence-electron chi connectivity index (χ0n) is 17.4. The molecule has 1 spiro atoms. The molecular weight excluding hydrogens is 378 g/mol. The lowest BCUT2D eigenvalue weighted by Crippen LogP contribution is -2.47. The highest BCUT2D eigenvalue weighted by atomic mass is 16.2. The van der Waals surface area contributed by atoms with Crippen LogP contribution in [0.2, 0.25) is 0 Å². The molecule has 156 valence electrons. The number of hydrogen-bond donors (Lipinski definition) is 1. The lowest BCUT2D eigenvalue weighted by molar-refractivity contribution is -0.140. The van der Waals surface area contributed by atoms with E-state index in [2.05, 4.69) is 5.32 Å². The van der Waals surface area contributed by atoms with E-state index in [1.54, 1.807) is 4.90 Å². The van der Waals surface area contributed by atoms with Gasteiger partial charge in [-0.1, -0.05) is 61.5 Å². The molecule has 4 rings (SSSR count). The molecule has 2 aromatic carbocycles. The van der Waals surface area contributed by atoms with E-state index >= 15 is 0 Å². The molecule has 1 N–H and O–H groups in total. The van der Waals surface area contributed by atoms with Crippen LogP contribution in [0.3, 0.4) is 0 Å². The number of rotatable bonds is 6. The zero-order chi connectivity index (χ0) is 21.3. The SMILES string of the molecule is CCC(C)N(Cc1ccccc1)C(=O)CN1C(=O)NC2(CCc3ccccc32)C1=O. The fourth-order valence-electron chi connectivity index (χ4n) is 4.45. The topological polar surface area (TPSA) is 69.7 Å². The van der Waals surface area contributed by atoms with Crippen molar-refractivity contribution < 1.29 is 14.4 Å². The number of carbonyl (C=O) groups excluding carboxylic acids is 3. The van der Waals surface area contributed by atoms with Crippen molar-refractivity contribution in [3.63, 3.8) is 0 Å². The first-order valence-electron chi connectivity index (χ1n) is 10.5. The summed E-state index contributed by atoms with van der Waals surface area (Å²) < 4.78 is 0. The molecule has 1 saturated heterocycles. The second-order valence-electron chi connectivity index (χ2n) is 8.15. The molecule has 1 heterocycles. The quantitative estimate of drug-likeness (QED) is 0.751. The maximum atomic E-state index is 13.3. The molecule has 1 aliphatic carbocycles. The second-order valence-corrected chi connectivity index (χ2v) is 8.15. The van der Waals surface area contributed by atoms with E-state index in [0.717, 1.165) is 34.4 Å². The fourth-order valence-corrected chi connectivity index (χ4v) is 4.45. The number of carbonyl (C=O) groups is 3. The van der Waals surface area contributed by atoms with Crippen molar-refractivity contribution in [1.82, 2.24) is 15.1 Å². The van der Waals surface area contributed by atoms with Gasteiger partial charge in [0.1, 0.15) is 12.1 Å². The minimum atomic E-state index is -1.03. The van der Waals surface area contributed by atoms with Crippen LogP contribution >= 0.6 is 0 Å². The summed E-state index contributed by atoms with van der Waals surface area (Å²) in [6.45, 7) is 4.22. The second kappa shape index (κ2) is 7.94. The number of aryl methyl sites for hydroxylation is 1. The van der Waals surface area contributed by atoms with Gasteiger partial charge in [-0.2, -0.15) is 0 Å². The summed E-state index contributed by atoms with van der Waals surface area (Å²) in [5.74, 6) is -0.547. The molecule has 2 aliphatic rings. The molecule has 2 atom stereocenters. The monoisotopic (exact) mass is 405 g/mol. The van der Waals surface area contributed by atoms with Crippen LogP contribution in [0.1, 0.15) is 43.4 Å². The molecule has 1 aliphatic heterocycles. The lowest BCUT2D eigenvalue weighted by atomic mass is 9.92. The molecule has 6 nitrogen and oxygen atoms in total. The first-order chi connectivity index (χ1) is 14.5. The maximum Gasteiger partial charge on any atom is 0.325 e. The number of nitrogens with one attached hydrogen (secondary N) is 1. The van der Waals surface area contributed by atoms with E-state index in [4.69, 9.17) is 0 Å². The molecular formula is C24H27N3O3. The summed E-state index contributed by atoms with van der Waals surface area (Å²) in [6.07, 6.45) is 2.05. The van der Waals surface area contributed by atoms with Gasteiger partial charge in [-0.15, -0.1) is 0 Å². The average molecular weight is 405 g/mol. The van der Waals surface area contributed by atoms with Gasteiger partial charge >= 0.3 is 6.03 Å². The van der Waals surface area contributed by atoms with Gasteiger partial charge in [-0.3, -0.25) is 14.5 Å². The van der Waals surface area contributed by atoms with E-state index in [1.165, 1.54) is 0 Å². The van der Waals surface area contributed by atoms with E-state index in [-0.39, 0.29) is 24.4 Å². The molecule has 0 bridgehead atoms. The van der Waals surface area contributed by atoms with Crippen LogP contribution < -0.4 is 5.32 Å². The predicted molar refractivity (Wildman–Crippen MR) is 113 cm³/mol. The fraction of sp³-hybridized carbons (Fsp3) is 0.375. The van der Waals surface area contributed by atoms with Gasteiger partial charge in [0.15, 0.2) is 0 Å². The largest absolute Gasteiger partial charge is 0.334 e. The Bertz CT molecular complexity index is 975. The third-order valence-corrected chi connectivity index (χ3v) is 6.35. The Morgan fingerprint density at radius 1 is 1.13 bits per heavy atom. The Kier molecular flexibility index (Phi) is 5.33. The van der Waals surface area contributed by atoms with Gasteiger partial charge in [-0.05, 0) is 42.9 Å². The smallest absolute Gasteiger partial charge is 0.325 e. The molecule has 2 aromatic rings. The molecule has 2 unspecified atom stereocenters. The highest BCUT2D eigenvalue weighted by Gasteiger charge is 2.55. The first kappa shape index (κ1) is 20.1. The highest BCUT2D eigenvalue weighted by molar-refractivity contribution is 6.09. The molecule has 1 fully saturated rings. The summed E-state index contributed by atoms with van der Waals surface area (Å²) in [5, 5.41) is 2.89. The van der Waals surface area contributed by atoms with Crippen molar-refractivity contribution in [3.05, 3.63) is 71.3 Å². The van der Waals surface area contributed by atoms with Gasteiger partial charge in [0, 0.05) is 12.6 Å². The van der Waals surface area contributed by atoms with Crippen molar-refractivity contribution >= 4 is 17.8 Å². The van der Waals surface area contributed by atoms with Crippen molar-refractivity contribution in [3.8, 4) is 0 Å². The van der Waals surface area contributed by atoms with Crippen LogP contribution in [-0.2, 0) is 28.1 Å². The minimum Gasteiger partial charge on any atom is -0.334 e. The number of imide groups is 1. The van der Waals surface area contributed by atoms with Crippen molar-refractivity contribution in [2.45, 2.75) is 51.2 Å². The summed E-state index contributed by atoms with van der Waals surface area (Å²) >= 11 is 0. The van der Waals surface area contributed by atoms with Gasteiger partial charge in [-0.25, -0.2) is 4.79 Å². The molecule has 6 heteroatoms. The molecule has 30 heavy (non-hydrogen) atoms. The normalized spacial score (nSPS) is 20.9. The average Bonchev–Trinajstić information content (AvgIpc) is 3.25. The maximum absolute atomic E-state index is 13.3. The van der Waals surface area contributed by atoms with Crippen LogP contribution in [0.15, 0.2) is 54.6 Å². The van der Waals surface area contributed by atoms with Crippen molar-refractivity contribution in [2.75, 3.05) is 6.54 Å². The van der Waals surface area contributed by atoms with E-state index in [9.17, 15) is 14.4 Å². The number of urea groups is 1. The summed E-state index contributed by atoms with van der Waals surface area (Å²) in [4.78, 5) is 42.1. The van der Waals surface area contributed by atoms with Crippen molar-refractivity contribution in [1.29, 1.82) is 0 Å². The van der Waals surface area contributed by atoms with Crippen LogP contribution in [0, 0.1) is 0 Å². The number of fused-ring (bicyclic) bond motifs is 2. The van der Waals surface area contributed by atoms with E-state index in [1.807, 2.05) is 68.4 Å². The van der Waals surface area contributed by atoms with E-state index < -0.39 is 11.6 Å². The summed E-state index contributed by atoms with van der Waals surface area (Å²) in [7, 11) is 0. The van der Waals surface area contributed by atoms with Crippen LogP contribution in [0.25, 0.3) is 0 Å². The Balaban J connectivity index is 1.55. The van der Waals surface area contributed by atoms with Crippen LogP contribution in [0.5, 0.6) is 0 Å². The Morgan fingerprint density at radius 3 is 2.57 bits per heavy atom. The summed E-state index contributed by atoms with van der Waals surface area (Å²) in [5.41, 5.74) is 1.91. The van der Waals surface area contributed by atoms with Gasteiger partial charge < -0.3 is 10.2 Å². The van der Waals surface area contributed by atoms with Crippen LogP contribution in [0.4, 0.5) is 4.79 Å². The molecule has 0 radical (unpaired) electrons. The number of benzene rings is 2. The Labute approximate surface area is 176 Å². The minimum absolute atomic E-state index is 0.000334. The standard InChI is InChI=1S/C24H27N3O3/c1-3-17(2)26(15-18-9-5-4-6-10-18)21(28)16-27-22(29)24(25-23(27)30)14-13-19-11-7-8-12-20(19)24/h4-12,17H,3,13-16H2,1-2H3,(H,25,30). The Hall–Kier alpha value is -3.15. The number of amides is 4. The van der Waals surface area contributed by atoms with Gasteiger partial charge in [0.05, 0.1) is 0 Å². The Morgan fingerprint density at radius 2 is 1.83 bits per heavy atom. The predicted octanol–water partition coefficient (Wildman–Crippen LogP) is 3.21. The third-order valence-electron chi connectivity index (χ3n) is 6.35. The number of hydrogen-bond acceptors (Lipinski definition) is 3. The third kappa shape index (κ3) is 3.36. The molecule has 0 saturated carbocycles. The van der Waals surface area contributed by atoms with Crippen LogP contribution in [-0.4, -0.2) is 40.2 Å². The lowest BCUT2D eigenvalue weighted by Gasteiger charge is -2.30. The highest BCUT2D eigenvalue weighted by Crippen LogP contribution is 2.41. The van der Waals surface area contributed by atoms with Gasteiger partial charge in [0.2, 0.25) is 5.91 Å². The first-order valence-corrected chi connectivity index (χ1v) is 10.5. The molecule has 0 aromatic heterocycles.